The van der Waals surface area contributed by atoms with E-state index in [1.54, 1.807) is 0 Å². The van der Waals surface area contributed by atoms with E-state index in [0.29, 0.717) is 19.4 Å². The molecule has 0 rings (SSSR count). The van der Waals surface area contributed by atoms with Gasteiger partial charge in [-0.3, -0.25) is 14.4 Å². The summed E-state index contributed by atoms with van der Waals surface area (Å²) in [6.07, 6.45) is 0.273. The highest BCUT2D eigenvalue weighted by molar-refractivity contribution is 6.32. The minimum absolute atomic E-state index is 0.425. The highest BCUT2D eigenvalue weighted by Crippen LogP contribution is 1.91. The number of carbonyl (C=O) groups excluding carboxylic acids is 1. The van der Waals surface area contributed by atoms with Gasteiger partial charge in [0.05, 0.1) is 6.42 Å². The molecule has 9 heteroatoms. The number of carbonyl (C=O) groups is 4. The first kappa shape index (κ1) is 19.3. The number of carboxylic acids is 3. The van der Waals surface area contributed by atoms with Gasteiger partial charge in [-0.15, -0.1) is 0 Å². The van der Waals surface area contributed by atoms with E-state index in [2.05, 4.69) is 0 Å². The van der Waals surface area contributed by atoms with E-state index in [1.807, 2.05) is 0 Å². The fourth-order valence-corrected chi connectivity index (χ4v) is 0.789. The molecule has 0 aliphatic rings. The third kappa shape index (κ3) is 13.9. The first-order valence-corrected chi connectivity index (χ1v) is 5.38. The second kappa shape index (κ2) is 11.1. The third-order valence-corrected chi connectivity index (χ3v) is 1.84. The number of rotatable bonds is 8. The van der Waals surface area contributed by atoms with Gasteiger partial charge >= 0.3 is 17.9 Å². The number of ketones is 1. The van der Waals surface area contributed by atoms with Gasteiger partial charge in [0.25, 0.3) is 0 Å². The highest BCUT2D eigenvalue weighted by atomic mass is 16.4. The number of nitrogens with two attached hydrogens (primary N) is 2. The van der Waals surface area contributed by atoms with Crippen LogP contribution < -0.4 is 11.5 Å². The molecule has 7 N–H and O–H groups in total. The van der Waals surface area contributed by atoms with Crippen molar-refractivity contribution < 1.29 is 34.5 Å². The van der Waals surface area contributed by atoms with Crippen LogP contribution in [0.5, 0.6) is 0 Å². The Balaban J connectivity index is 0. The maximum atomic E-state index is 10.2. The van der Waals surface area contributed by atoms with Crippen molar-refractivity contribution in [3.8, 4) is 0 Å². The van der Waals surface area contributed by atoms with Crippen LogP contribution in [0.15, 0.2) is 0 Å². The quantitative estimate of drug-likeness (QED) is 0.335. The molecule has 0 fully saturated rings. The maximum Gasteiger partial charge on any atom is 0.372 e. The Morgan fingerprint density at radius 3 is 1.84 bits per heavy atom. The van der Waals surface area contributed by atoms with Crippen molar-refractivity contribution in [1.29, 1.82) is 0 Å². The average molecular weight is 278 g/mol. The summed E-state index contributed by atoms with van der Waals surface area (Å²) in [5.74, 6) is -4.78. The van der Waals surface area contributed by atoms with E-state index in [-0.39, 0.29) is 0 Å². The molecular formula is C10H18N2O7. The molecule has 19 heavy (non-hydrogen) atoms. The van der Waals surface area contributed by atoms with Crippen LogP contribution in [0.3, 0.4) is 0 Å². The standard InChI is InChI=1S/C5H12N2O2.C5H6O5/c6-3-1-2-4(7)5(8)9;6-3(5(9)10)1-2-4(7)8/h4H,1-3,6-7H2,(H,8,9);1-2H2,(H,7,8)(H,9,10)/t4-;/m1./s1. The predicted molar refractivity (Wildman–Crippen MR) is 63.4 cm³/mol. The van der Waals surface area contributed by atoms with Crippen LogP contribution in [0.4, 0.5) is 0 Å². The number of carboxylic acid groups (broad SMARTS) is 3. The third-order valence-electron chi connectivity index (χ3n) is 1.84. The molecule has 0 aromatic carbocycles. The second-order valence-corrected chi connectivity index (χ2v) is 3.50. The van der Waals surface area contributed by atoms with Gasteiger partial charge in [-0.25, -0.2) is 4.79 Å². The molecule has 1 atom stereocenters. The highest BCUT2D eigenvalue weighted by Gasteiger charge is 2.12. The molecular weight excluding hydrogens is 260 g/mol. The summed E-state index contributed by atoms with van der Waals surface area (Å²) in [7, 11) is 0. The Hall–Kier alpha value is -2.00. The molecule has 110 valence electrons. The Labute approximate surface area is 109 Å². The van der Waals surface area contributed by atoms with Crippen LogP contribution in [-0.4, -0.2) is 51.6 Å². The zero-order valence-corrected chi connectivity index (χ0v) is 10.2. The molecule has 0 saturated carbocycles. The summed E-state index contributed by atoms with van der Waals surface area (Å²) in [4.78, 5) is 39.8. The molecule has 0 aliphatic carbocycles. The van der Waals surface area contributed by atoms with Crippen molar-refractivity contribution >= 4 is 23.7 Å². The van der Waals surface area contributed by atoms with Crippen molar-refractivity contribution in [3.05, 3.63) is 0 Å². The summed E-state index contributed by atoms with van der Waals surface area (Å²) in [6.45, 7) is 0.501. The molecule has 0 aromatic heterocycles. The lowest BCUT2D eigenvalue weighted by atomic mass is 10.2. The molecule has 0 radical (unpaired) electrons. The van der Waals surface area contributed by atoms with Gasteiger partial charge in [-0.2, -0.15) is 0 Å². The van der Waals surface area contributed by atoms with Crippen molar-refractivity contribution in [2.75, 3.05) is 6.54 Å². The van der Waals surface area contributed by atoms with Crippen LogP contribution in [-0.2, 0) is 19.2 Å². The molecule has 0 aromatic rings. The van der Waals surface area contributed by atoms with Crippen molar-refractivity contribution in [2.24, 2.45) is 11.5 Å². The molecule has 0 bridgehead atoms. The lowest BCUT2D eigenvalue weighted by molar-refractivity contribution is -0.149. The van der Waals surface area contributed by atoms with Gasteiger partial charge < -0.3 is 26.8 Å². The van der Waals surface area contributed by atoms with E-state index in [0.717, 1.165) is 0 Å². The van der Waals surface area contributed by atoms with Crippen molar-refractivity contribution in [3.63, 3.8) is 0 Å². The number of Topliss-reactive ketones (excluding diaryl/α,β-unsaturated/α-hetero) is 1. The lowest BCUT2D eigenvalue weighted by Crippen LogP contribution is -2.30. The average Bonchev–Trinajstić information content (AvgIpc) is 2.33. The number of aliphatic carboxylic acids is 3. The fraction of sp³-hybridized carbons (Fsp3) is 0.600. The summed E-state index contributed by atoms with van der Waals surface area (Å²) in [5, 5.41) is 24.2. The van der Waals surface area contributed by atoms with E-state index < -0.39 is 42.6 Å². The molecule has 9 nitrogen and oxygen atoms in total. The first-order chi connectivity index (χ1) is 8.72. The molecule has 0 unspecified atom stereocenters. The number of hydrogen-bond donors (Lipinski definition) is 5. The SMILES string of the molecule is NCCC[C@@H](N)C(=O)O.O=C(O)CCC(=O)C(=O)O. The topological polar surface area (TPSA) is 181 Å². The predicted octanol–water partition coefficient (Wildman–Crippen LogP) is -1.36. The first-order valence-electron chi connectivity index (χ1n) is 5.38. The molecule has 0 spiro atoms. The minimum Gasteiger partial charge on any atom is -0.481 e. The summed E-state index contributed by atoms with van der Waals surface area (Å²) in [5.41, 5.74) is 10.3. The van der Waals surface area contributed by atoms with Crippen LogP contribution in [0.2, 0.25) is 0 Å². The van der Waals surface area contributed by atoms with Gasteiger partial charge in [0.2, 0.25) is 5.78 Å². The van der Waals surface area contributed by atoms with Gasteiger partial charge in [-0.1, -0.05) is 0 Å². The Kier molecular flexibility index (Phi) is 11.3. The summed E-state index contributed by atoms with van der Waals surface area (Å²) < 4.78 is 0. The van der Waals surface area contributed by atoms with Crippen LogP contribution in [0, 0.1) is 0 Å². The van der Waals surface area contributed by atoms with Crippen molar-refractivity contribution in [2.45, 2.75) is 31.7 Å². The molecule has 0 saturated heterocycles. The van der Waals surface area contributed by atoms with E-state index in [1.165, 1.54) is 0 Å². The van der Waals surface area contributed by atoms with E-state index in [9.17, 15) is 19.2 Å². The minimum atomic E-state index is -1.58. The van der Waals surface area contributed by atoms with Gasteiger partial charge in [0, 0.05) is 6.42 Å². The molecule has 0 amide bonds. The largest absolute Gasteiger partial charge is 0.481 e. The summed E-state index contributed by atoms with van der Waals surface area (Å²) in [6, 6.07) is -0.742. The lowest BCUT2D eigenvalue weighted by Gasteiger charge is -2.02. The van der Waals surface area contributed by atoms with Crippen LogP contribution >= 0.6 is 0 Å². The summed E-state index contributed by atoms with van der Waals surface area (Å²) >= 11 is 0. The molecule has 0 heterocycles. The van der Waals surface area contributed by atoms with Gasteiger partial charge in [0.15, 0.2) is 0 Å². The number of hydrogen-bond acceptors (Lipinski definition) is 6. The zero-order chi connectivity index (χ0) is 15.4. The molecule has 0 aliphatic heterocycles. The Morgan fingerprint density at radius 1 is 1.00 bits per heavy atom. The van der Waals surface area contributed by atoms with Crippen LogP contribution in [0.25, 0.3) is 0 Å². The van der Waals surface area contributed by atoms with Crippen molar-refractivity contribution in [1.82, 2.24) is 0 Å². The van der Waals surface area contributed by atoms with Gasteiger partial charge in [-0.05, 0) is 19.4 Å². The van der Waals surface area contributed by atoms with Gasteiger partial charge in [0.1, 0.15) is 6.04 Å². The van der Waals surface area contributed by atoms with E-state index >= 15 is 0 Å². The second-order valence-electron chi connectivity index (χ2n) is 3.50. The smallest absolute Gasteiger partial charge is 0.372 e. The maximum absolute atomic E-state index is 10.2. The Bertz CT molecular complexity index is 330. The van der Waals surface area contributed by atoms with E-state index in [4.69, 9.17) is 26.8 Å². The fourth-order valence-electron chi connectivity index (χ4n) is 0.789. The monoisotopic (exact) mass is 278 g/mol. The van der Waals surface area contributed by atoms with Crippen LogP contribution in [0.1, 0.15) is 25.7 Å². The normalized spacial score (nSPS) is 10.8. The zero-order valence-electron chi connectivity index (χ0n) is 10.2. The Morgan fingerprint density at radius 2 is 1.53 bits per heavy atom.